The van der Waals surface area contributed by atoms with Gasteiger partial charge in [-0.25, -0.2) is 4.98 Å². The molecule has 2 unspecified atom stereocenters. The summed E-state index contributed by atoms with van der Waals surface area (Å²) >= 11 is 6.18. The first kappa shape index (κ1) is 14.2. The average Bonchev–Trinajstić information content (AvgIpc) is 3.33. The SMILES string of the molecule is Nc1nnc(-c2cccc(C3CC3Cl)c2)c(-c2ccccc2)n1. The van der Waals surface area contributed by atoms with Gasteiger partial charge in [-0.15, -0.1) is 21.8 Å². The number of hydrogen-bond donors (Lipinski definition) is 1. The molecule has 1 fully saturated rings. The molecule has 3 aromatic rings. The molecule has 23 heavy (non-hydrogen) atoms. The molecule has 4 nitrogen and oxygen atoms in total. The van der Waals surface area contributed by atoms with E-state index in [0.717, 1.165) is 28.9 Å². The van der Waals surface area contributed by atoms with Crippen molar-refractivity contribution in [2.24, 2.45) is 0 Å². The van der Waals surface area contributed by atoms with E-state index in [1.165, 1.54) is 5.56 Å². The van der Waals surface area contributed by atoms with Gasteiger partial charge in [0.2, 0.25) is 5.95 Å². The number of alkyl halides is 1. The minimum Gasteiger partial charge on any atom is -0.366 e. The van der Waals surface area contributed by atoms with Crippen LogP contribution in [0.1, 0.15) is 17.9 Å². The summed E-state index contributed by atoms with van der Waals surface area (Å²) in [5.74, 6) is 0.610. The van der Waals surface area contributed by atoms with Crippen LogP contribution in [0.15, 0.2) is 54.6 Å². The molecule has 114 valence electrons. The van der Waals surface area contributed by atoms with Crippen molar-refractivity contribution in [1.82, 2.24) is 15.2 Å². The number of hydrogen-bond acceptors (Lipinski definition) is 4. The van der Waals surface area contributed by atoms with Crippen LogP contribution in [-0.2, 0) is 0 Å². The fourth-order valence-corrected chi connectivity index (χ4v) is 3.09. The van der Waals surface area contributed by atoms with Crippen molar-refractivity contribution >= 4 is 17.5 Å². The lowest BCUT2D eigenvalue weighted by Crippen LogP contribution is -2.02. The van der Waals surface area contributed by atoms with Crippen LogP contribution in [0.3, 0.4) is 0 Å². The maximum atomic E-state index is 6.18. The normalized spacial score (nSPS) is 19.5. The lowest BCUT2D eigenvalue weighted by molar-refractivity contribution is 0.996. The highest BCUT2D eigenvalue weighted by Gasteiger charge is 2.36. The Balaban J connectivity index is 1.83. The van der Waals surface area contributed by atoms with E-state index >= 15 is 0 Å². The van der Waals surface area contributed by atoms with Crippen LogP contribution in [0.25, 0.3) is 22.5 Å². The second-order valence-corrected chi connectivity index (χ2v) is 6.28. The van der Waals surface area contributed by atoms with Gasteiger partial charge in [0.25, 0.3) is 0 Å². The Bertz CT molecular complexity index is 851. The van der Waals surface area contributed by atoms with Gasteiger partial charge in [0, 0.05) is 22.4 Å². The molecule has 4 rings (SSSR count). The molecule has 0 saturated heterocycles. The Morgan fingerprint density at radius 3 is 2.39 bits per heavy atom. The van der Waals surface area contributed by atoms with E-state index < -0.39 is 0 Å². The summed E-state index contributed by atoms with van der Waals surface area (Å²) in [6.45, 7) is 0. The summed E-state index contributed by atoms with van der Waals surface area (Å²) in [7, 11) is 0. The van der Waals surface area contributed by atoms with Gasteiger partial charge < -0.3 is 5.73 Å². The maximum absolute atomic E-state index is 6.18. The fraction of sp³-hybridized carbons (Fsp3) is 0.167. The summed E-state index contributed by atoms with van der Waals surface area (Å²) in [5, 5.41) is 8.48. The van der Waals surface area contributed by atoms with Crippen molar-refractivity contribution in [3.63, 3.8) is 0 Å². The molecule has 0 spiro atoms. The topological polar surface area (TPSA) is 64.7 Å². The molecule has 5 heteroatoms. The zero-order valence-electron chi connectivity index (χ0n) is 12.4. The van der Waals surface area contributed by atoms with E-state index in [4.69, 9.17) is 17.3 Å². The highest BCUT2D eigenvalue weighted by molar-refractivity contribution is 6.23. The Morgan fingerprint density at radius 1 is 0.913 bits per heavy atom. The van der Waals surface area contributed by atoms with Gasteiger partial charge in [0.1, 0.15) is 11.4 Å². The number of aromatic nitrogens is 3. The molecule has 1 aromatic heterocycles. The molecule has 0 bridgehead atoms. The van der Waals surface area contributed by atoms with Crippen LogP contribution in [0.4, 0.5) is 5.95 Å². The molecule has 0 radical (unpaired) electrons. The van der Waals surface area contributed by atoms with Crippen LogP contribution in [0, 0.1) is 0 Å². The van der Waals surface area contributed by atoms with Crippen molar-refractivity contribution in [1.29, 1.82) is 0 Å². The molecule has 2 atom stereocenters. The largest absolute Gasteiger partial charge is 0.366 e. The first-order valence-electron chi connectivity index (χ1n) is 7.52. The van der Waals surface area contributed by atoms with E-state index in [-0.39, 0.29) is 11.3 Å². The lowest BCUT2D eigenvalue weighted by atomic mass is 10.0. The third-order valence-corrected chi connectivity index (χ3v) is 4.53. The number of anilines is 1. The Hall–Kier alpha value is -2.46. The van der Waals surface area contributed by atoms with Crippen molar-refractivity contribution in [3.8, 4) is 22.5 Å². The van der Waals surface area contributed by atoms with Gasteiger partial charge in [-0.05, 0) is 18.1 Å². The molecule has 1 aliphatic carbocycles. The molecular weight excluding hydrogens is 308 g/mol. The summed E-state index contributed by atoms with van der Waals surface area (Å²) in [4.78, 5) is 4.40. The van der Waals surface area contributed by atoms with E-state index in [2.05, 4.69) is 27.3 Å². The van der Waals surface area contributed by atoms with Gasteiger partial charge in [-0.3, -0.25) is 0 Å². The van der Waals surface area contributed by atoms with Crippen molar-refractivity contribution in [3.05, 3.63) is 60.2 Å². The molecule has 0 aliphatic heterocycles. The highest BCUT2D eigenvalue weighted by atomic mass is 35.5. The quantitative estimate of drug-likeness (QED) is 0.743. The highest BCUT2D eigenvalue weighted by Crippen LogP contribution is 2.46. The van der Waals surface area contributed by atoms with Crippen LogP contribution in [0.5, 0.6) is 0 Å². The summed E-state index contributed by atoms with van der Waals surface area (Å²) in [6.07, 6.45) is 1.03. The van der Waals surface area contributed by atoms with E-state index in [9.17, 15) is 0 Å². The number of rotatable bonds is 3. The van der Waals surface area contributed by atoms with Crippen molar-refractivity contribution in [2.75, 3.05) is 5.73 Å². The minimum atomic E-state index is 0.173. The maximum Gasteiger partial charge on any atom is 0.240 e. The van der Waals surface area contributed by atoms with Crippen molar-refractivity contribution < 1.29 is 0 Å². The minimum absolute atomic E-state index is 0.173. The Kier molecular flexibility index (Phi) is 3.46. The number of nitrogen functional groups attached to an aromatic ring is 1. The third kappa shape index (κ3) is 2.78. The van der Waals surface area contributed by atoms with E-state index in [1.807, 2.05) is 42.5 Å². The summed E-state index contributed by atoms with van der Waals surface area (Å²) < 4.78 is 0. The van der Waals surface area contributed by atoms with Gasteiger partial charge >= 0.3 is 0 Å². The van der Waals surface area contributed by atoms with Gasteiger partial charge in [-0.1, -0.05) is 48.5 Å². The second kappa shape index (κ2) is 5.63. The average molecular weight is 323 g/mol. The number of nitrogens with zero attached hydrogens (tertiary/aromatic N) is 3. The second-order valence-electron chi connectivity index (χ2n) is 5.72. The summed E-state index contributed by atoms with van der Waals surface area (Å²) in [5.41, 5.74) is 10.4. The van der Waals surface area contributed by atoms with Crippen LogP contribution >= 0.6 is 11.6 Å². The molecule has 0 amide bonds. The van der Waals surface area contributed by atoms with Crippen LogP contribution < -0.4 is 5.73 Å². The molecule has 1 saturated carbocycles. The monoisotopic (exact) mass is 322 g/mol. The van der Waals surface area contributed by atoms with Gasteiger partial charge in [-0.2, -0.15) is 0 Å². The number of nitrogens with two attached hydrogens (primary N) is 1. The standard InChI is InChI=1S/C18H15ClN4/c19-15-10-14(15)12-7-4-8-13(9-12)17-16(21-18(20)23-22-17)11-5-2-1-3-6-11/h1-9,14-15H,10H2,(H2,20,21,23). The number of benzene rings is 2. The Morgan fingerprint density at radius 2 is 1.65 bits per heavy atom. The predicted molar refractivity (Wildman–Crippen MR) is 92.1 cm³/mol. The smallest absolute Gasteiger partial charge is 0.240 e. The van der Waals surface area contributed by atoms with Gasteiger partial charge in [0.15, 0.2) is 0 Å². The van der Waals surface area contributed by atoms with Crippen LogP contribution in [-0.4, -0.2) is 20.6 Å². The molecule has 2 N–H and O–H groups in total. The Labute approximate surface area is 139 Å². The van der Waals surface area contributed by atoms with E-state index in [1.54, 1.807) is 0 Å². The first-order chi connectivity index (χ1) is 11.2. The third-order valence-electron chi connectivity index (χ3n) is 4.05. The molecule has 1 aliphatic rings. The predicted octanol–water partition coefficient (Wildman–Crippen LogP) is 3.88. The number of halogens is 1. The van der Waals surface area contributed by atoms with Crippen molar-refractivity contribution in [2.45, 2.75) is 17.7 Å². The van der Waals surface area contributed by atoms with Gasteiger partial charge in [0.05, 0.1) is 0 Å². The van der Waals surface area contributed by atoms with Crippen LogP contribution in [0.2, 0.25) is 0 Å². The van der Waals surface area contributed by atoms with E-state index in [0.29, 0.717) is 5.92 Å². The lowest BCUT2D eigenvalue weighted by Gasteiger charge is -2.09. The molecule has 2 aromatic carbocycles. The fourth-order valence-electron chi connectivity index (χ4n) is 2.76. The summed E-state index contributed by atoms with van der Waals surface area (Å²) in [6, 6.07) is 18.2. The molecule has 1 heterocycles. The first-order valence-corrected chi connectivity index (χ1v) is 7.96. The molecular formula is C18H15ClN4. The zero-order chi connectivity index (χ0) is 15.8. The zero-order valence-corrected chi connectivity index (χ0v) is 13.1.